The molecule has 3 nitrogen and oxygen atoms in total. The molecule has 0 amide bonds. The van der Waals surface area contributed by atoms with Gasteiger partial charge in [-0.1, -0.05) is 77.9 Å². The zero-order valence-electron chi connectivity index (χ0n) is 20.1. The van der Waals surface area contributed by atoms with Crippen molar-refractivity contribution >= 4 is 27.6 Å². The largest absolute Gasteiger partial charge is 0.456 e. The first kappa shape index (κ1) is 20.4. The molecule has 1 N–H and O–H groups in total. The fourth-order valence-corrected chi connectivity index (χ4v) is 5.95. The second-order valence-electron chi connectivity index (χ2n) is 10.00. The number of nitrogens with one attached hydrogen (secondary N) is 1. The number of dihydropyridines is 1. The van der Waals surface area contributed by atoms with E-state index in [1.807, 2.05) is 0 Å². The molecule has 4 aromatic rings. The molecule has 0 spiro atoms. The van der Waals surface area contributed by atoms with E-state index in [-0.39, 0.29) is 12.0 Å². The number of allylic oxidation sites excluding steroid dienone is 4. The first-order chi connectivity index (χ1) is 17.2. The van der Waals surface area contributed by atoms with Crippen LogP contribution < -0.4 is 5.32 Å². The number of para-hydroxylation sites is 1. The smallest absolute Gasteiger partial charge is 0.141 e. The van der Waals surface area contributed by atoms with Crippen LogP contribution in [-0.4, -0.2) is 18.0 Å². The summed E-state index contributed by atoms with van der Waals surface area (Å²) in [5.74, 6) is 0.237. The van der Waals surface area contributed by atoms with Crippen molar-refractivity contribution in [3.05, 3.63) is 125 Å². The van der Waals surface area contributed by atoms with Crippen molar-refractivity contribution in [1.29, 1.82) is 0 Å². The topological polar surface area (TPSA) is 28.4 Å². The molecule has 0 fully saturated rings. The van der Waals surface area contributed by atoms with E-state index in [4.69, 9.17) is 4.42 Å². The molecule has 2 atom stereocenters. The second kappa shape index (κ2) is 7.78. The third kappa shape index (κ3) is 3.19. The van der Waals surface area contributed by atoms with Crippen molar-refractivity contribution in [1.82, 2.24) is 10.2 Å². The molecule has 3 aliphatic rings. The first-order valence-corrected chi connectivity index (χ1v) is 12.4. The molecule has 1 unspecified atom stereocenters. The molecule has 3 aromatic carbocycles. The van der Waals surface area contributed by atoms with E-state index in [1.165, 1.54) is 49.9 Å². The summed E-state index contributed by atoms with van der Waals surface area (Å²) in [6.45, 7) is 6.18. The minimum atomic E-state index is 0.181. The zero-order valence-corrected chi connectivity index (χ0v) is 20.1. The number of rotatable bonds is 2. The summed E-state index contributed by atoms with van der Waals surface area (Å²) in [4.78, 5) is 2.48. The molecule has 3 heteroatoms. The Morgan fingerprint density at radius 2 is 1.74 bits per heavy atom. The lowest BCUT2D eigenvalue weighted by atomic mass is 9.78. The van der Waals surface area contributed by atoms with Crippen LogP contribution in [-0.2, 0) is 0 Å². The predicted molar refractivity (Wildman–Crippen MR) is 144 cm³/mol. The van der Waals surface area contributed by atoms with Crippen LogP contribution in [0.1, 0.15) is 48.1 Å². The molecule has 0 aliphatic carbocycles. The van der Waals surface area contributed by atoms with Gasteiger partial charge in [0.25, 0.3) is 0 Å². The Balaban J connectivity index is 1.48. The van der Waals surface area contributed by atoms with Crippen LogP contribution in [0.5, 0.6) is 0 Å². The summed E-state index contributed by atoms with van der Waals surface area (Å²) < 4.78 is 6.57. The van der Waals surface area contributed by atoms with Crippen LogP contribution in [0.25, 0.3) is 27.6 Å². The molecule has 3 aliphatic heterocycles. The summed E-state index contributed by atoms with van der Waals surface area (Å²) in [5, 5.41) is 6.02. The molecule has 0 bridgehead atoms. The van der Waals surface area contributed by atoms with Crippen molar-refractivity contribution in [2.45, 2.75) is 25.8 Å². The van der Waals surface area contributed by atoms with Gasteiger partial charge in [-0.3, -0.25) is 0 Å². The van der Waals surface area contributed by atoms with Gasteiger partial charge in [0.2, 0.25) is 0 Å². The van der Waals surface area contributed by atoms with Gasteiger partial charge in [-0.05, 0) is 43.2 Å². The molecular weight excluding hydrogens is 428 g/mol. The predicted octanol–water partition coefficient (Wildman–Crippen LogP) is 7.44. The normalized spacial score (nSPS) is 21.2. The highest BCUT2D eigenvalue weighted by atomic mass is 16.3. The monoisotopic (exact) mass is 456 g/mol. The lowest BCUT2D eigenvalue weighted by Crippen LogP contribution is -2.35. The van der Waals surface area contributed by atoms with Crippen LogP contribution in [0.4, 0.5) is 0 Å². The average Bonchev–Trinajstić information content (AvgIpc) is 3.27. The van der Waals surface area contributed by atoms with E-state index < -0.39 is 0 Å². The first-order valence-electron chi connectivity index (χ1n) is 12.4. The Morgan fingerprint density at radius 3 is 2.63 bits per heavy atom. The average molecular weight is 457 g/mol. The molecule has 7 rings (SSSR count). The minimum absolute atomic E-state index is 0.181. The van der Waals surface area contributed by atoms with E-state index in [0.29, 0.717) is 0 Å². The van der Waals surface area contributed by atoms with Gasteiger partial charge < -0.3 is 14.6 Å². The Bertz CT molecular complexity index is 1610. The SMILES string of the molecule is CC1=CC2c3c(ccc4c3oc3ccccc34)[C@@H](c3ccccc3C3=CC=C(C)CN3)CN2C=C1. The van der Waals surface area contributed by atoms with Crippen LogP contribution >= 0.6 is 0 Å². The van der Waals surface area contributed by atoms with Crippen molar-refractivity contribution in [3.8, 4) is 0 Å². The van der Waals surface area contributed by atoms with Gasteiger partial charge in [0.15, 0.2) is 0 Å². The van der Waals surface area contributed by atoms with E-state index in [0.717, 1.165) is 24.3 Å². The van der Waals surface area contributed by atoms with Crippen molar-refractivity contribution in [2.24, 2.45) is 0 Å². The molecular formula is C32H28N2O. The Morgan fingerprint density at radius 1 is 0.886 bits per heavy atom. The van der Waals surface area contributed by atoms with Gasteiger partial charge in [0, 0.05) is 52.8 Å². The second-order valence-corrected chi connectivity index (χ2v) is 10.00. The van der Waals surface area contributed by atoms with Crippen molar-refractivity contribution in [2.75, 3.05) is 13.1 Å². The molecule has 0 radical (unpaired) electrons. The van der Waals surface area contributed by atoms with Crippen LogP contribution in [0.2, 0.25) is 0 Å². The minimum Gasteiger partial charge on any atom is -0.456 e. The van der Waals surface area contributed by atoms with Gasteiger partial charge >= 0.3 is 0 Å². The third-order valence-corrected chi connectivity index (χ3v) is 7.71. The van der Waals surface area contributed by atoms with Crippen LogP contribution in [0.15, 0.2) is 107 Å². The lowest BCUT2D eigenvalue weighted by molar-refractivity contribution is 0.286. The van der Waals surface area contributed by atoms with Crippen molar-refractivity contribution < 1.29 is 4.42 Å². The molecule has 172 valence electrons. The van der Waals surface area contributed by atoms with E-state index in [1.54, 1.807) is 0 Å². The van der Waals surface area contributed by atoms with Crippen LogP contribution in [0.3, 0.4) is 0 Å². The summed E-state index contributed by atoms with van der Waals surface area (Å²) in [7, 11) is 0. The maximum absolute atomic E-state index is 6.57. The highest BCUT2D eigenvalue weighted by molar-refractivity contribution is 6.06. The molecule has 4 heterocycles. The lowest BCUT2D eigenvalue weighted by Gasteiger charge is -2.42. The molecule has 0 saturated heterocycles. The van der Waals surface area contributed by atoms with E-state index >= 15 is 0 Å². The summed E-state index contributed by atoms with van der Waals surface area (Å²) in [6, 6.07) is 22.1. The highest BCUT2D eigenvalue weighted by Gasteiger charge is 2.36. The summed E-state index contributed by atoms with van der Waals surface area (Å²) in [6.07, 6.45) is 11.3. The van der Waals surface area contributed by atoms with Gasteiger partial charge in [-0.2, -0.15) is 0 Å². The van der Waals surface area contributed by atoms with E-state index in [9.17, 15) is 0 Å². The number of furan rings is 1. The third-order valence-electron chi connectivity index (χ3n) is 7.71. The molecule has 1 aromatic heterocycles. The van der Waals surface area contributed by atoms with Gasteiger partial charge in [0.1, 0.15) is 11.2 Å². The fraction of sp³-hybridized carbons (Fsp3) is 0.188. The van der Waals surface area contributed by atoms with Crippen LogP contribution in [0, 0.1) is 0 Å². The number of hydrogen-bond donors (Lipinski definition) is 1. The molecule has 35 heavy (non-hydrogen) atoms. The Kier molecular flexibility index (Phi) is 4.53. The maximum atomic E-state index is 6.57. The quantitative estimate of drug-likeness (QED) is 0.340. The van der Waals surface area contributed by atoms with Gasteiger partial charge in [0.05, 0.1) is 6.04 Å². The van der Waals surface area contributed by atoms with E-state index in [2.05, 4.69) is 115 Å². The number of nitrogens with zero attached hydrogens (tertiary/aromatic N) is 1. The van der Waals surface area contributed by atoms with Crippen molar-refractivity contribution in [3.63, 3.8) is 0 Å². The summed E-state index contributed by atoms with van der Waals surface area (Å²) >= 11 is 0. The maximum Gasteiger partial charge on any atom is 0.141 e. The summed E-state index contributed by atoms with van der Waals surface area (Å²) in [5.41, 5.74) is 11.1. The number of benzene rings is 3. The zero-order chi connectivity index (χ0) is 23.5. The standard InChI is InChI=1S/C32H28N2O/c1-20-15-16-34-19-27(22-7-3-4-8-23(22)28-14-11-21(2)18-33-28)25-12-13-26-24-9-5-6-10-30(24)35-32(26)31(25)29(34)17-20/h3-17,27,29,33H,18-19H2,1-2H3/t27-,29?/m1/s1. The Hall–Kier alpha value is -3.98. The van der Waals surface area contributed by atoms with Gasteiger partial charge in [-0.25, -0.2) is 0 Å². The Labute approximate surface area is 205 Å². The fourth-order valence-electron chi connectivity index (χ4n) is 5.95. The highest BCUT2D eigenvalue weighted by Crippen LogP contribution is 2.47. The van der Waals surface area contributed by atoms with Gasteiger partial charge in [-0.15, -0.1) is 0 Å². The number of hydrogen-bond acceptors (Lipinski definition) is 3. The number of fused-ring (bicyclic) bond motifs is 7. The molecule has 0 saturated carbocycles.